The van der Waals surface area contributed by atoms with E-state index in [2.05, 4.69) is 6.92 Å². The molecule has 0 aromatic heterocycles. The van der Waals surface area contributed by atoms with E-state index in [4.69, 9.17) is 4.55 Å². The van der Waals surface area contributed by atoms with Crippen LogP contribution in [0.1, 0.15) is 78.1 Å². The highest BCUT2D eigenvalue weighted by Gasteiger charge is 2.29. The van der Waals surface area contributed by atoms with Crippen molar-refractivity contribution in [3.8, 4) is 0 Å². The fourth-order valence-corrected chi connectivity index (χ4v) is 3.39. The van der Waals surface area contributed by atoms with Gasteiger partial charge in [-0.1, -0.05) is 65.2 Å². The highest BCUT2D eigenvalue weighted by molar-refractivity contribution is 7.86. The third-order valence-corrected chi connectivity index (χ3v) is 4.80. The molecule has 0 aromatic rings. The maximum Gasteiger partial charge on any atom is 0.270 e. The molecular weight excluding hydrogens is 264 g/mol. The molecule has 0 aliphatic rings. The Kier molecular flexibility index (Phi) is 10.6. The normalized spacial score (nSPS) is 15.4. The Hall–Kier alpha value is -0.130. The second kappa shape index (κ2) is 10.6. The molecule has 4 nitrogen and oxygen atoms in total. The van der Waals surface area contributed by atoms with Crippen LogP contribution >= 0.6 is 0 Å². The minimum atomic E-state index is -4.13. The van der Waals surface area contributed by atoms with Gasteiger partial charge in [0.1, 0.15) is 5.25 Å². The molecule has 0 saturated heterocycles. The first-order valence-corrected chi connectivity index (χ1v) is 9.08. The molecule has 2 atom stereocenters. The molecule has 0 aliphatic carbocycles. The van der Waals surface area contributed by atoms with Gasteiger partial charge in [0.05, 0.1) is 6.10 Å². The Morgan fingerprint density at radius 3 is 1.84 bits per heavy atom. The predicted octanol–water partition coefficient (Wildman–Crippen LogP) is 3.54. The minimum Gasteiger partial charge on any atom is -0.392 e. The first kappa shape index (κ1) is 18.9. The summed E-state index contributed by atoms with van der Waals surface area (Å²) in [6, 6.07) is 0. The minimum absolute atomic E-state index is 0.316. The molecule has 0 rings (SSSR count). The fraction of sp³-hybridized carbons (Fsp3) is 1.00. The summed E-state index contributed by atoms with van der Waals surface area (Å²) in [5, 5.41) is 8.86. The third kappa shape index (κ3) is 9.41. The molecule has 2 N–H and O–H groups in total. The van der Waals surface area contributed by atoms with Crippen molar-refractivity contribution in [3.63, 3.8) is 0 Å². The maximum atomic E-state index is 11.2. The van der Waals surface area contributed by atoms with Crippen molar-refractivity contribution in [1.29, 1.82) is 0 Å². The van der Waals surface area contributed by atoms with Crippen molar-refractivity contribution in [2.24, 2.45) is 0 Å². The molecule has 0 heterocycles. The van der Waals surface area contributed by atoms with Crippen LogP contribution in [0, 0.1) is 0 Å². The van der Waals surface area contributed by atoms with E-state index in [0.717, 1.165) is 19.3 Å². The summed E-state index contributed by atoms with van der Waals surface area (Å²) < 4.78 is 31.4. The molecule has 116 valence electrons. The Balaban J connectivity index is 3.85. The Labute approximate surface area is 118 Å². The molecular formula is C14H30O4S. The predicted molar refractivity (Wildman–Crippen MR) is 78.9 cm³/mol. The molecule has 0 radical (unpaired) electrons. The maximum absolute atomic E-state index is 11.2. The van der Waals surface area contributed by atoms with Crippen molar-refractivity contribution in [2.75, 3.05) is 0 Å². The lowest BCUT2D eigenvalue weighted by Gasteiger charge is -2.19. The van der Waals surface area contributed by atoms with Gasteiger partial charge in [-0.15, -0.1) is 0 Å². The zero-order valence-corrected chi connectivity index (χ0v) is 13.2. The number of unbranched alkanes of at least 4 members (excludes halogenated alkanes) is 6. The Morgan fingerprint density at radius 1 is 0.842 bits per heavy atom. The van der Waals surface area contributed by atoms with Crippen LogP contribution in [0.5, 0.6) is 0 Å². The van der Waals surface area contributed by atoms with Crippen molar-refractivity contribution in [3.05, 3.63) is 0 Å². The van der Waals surface area contributed by atoms with Crippen molar-refractivity contribution in [1.82, 2.24) is 0 Å². The van der Waals surface area contributed by atoms with Crippen LogP contribution in [0.3, 0.4) is 0 Å². The molecule has 0 amide bonds. The Morgan fingerprint density at radius 2 is 1.37 bits per heavy atom. The second-order valence-corrected chi connectivity index (χ2v) is 6.95. The molecule has 0 bridgehead atoms. The summed E-state index contributed by atoms with van der Waals surface area (Å²) in [5.41, 5.74) is 0. The van der Waals surface area contributed by atoms with Gasteiger partial charge in [0.25, 0.3) is 10.1 Å². The summed E-state index contributed by atoms with van der Waals surface area (Å²) in [7, 11) is -4.13. The molecule has 0 saturated carbocycles. The van der Waals surface area contributed by atoms with Gasteiger partial charge in [-0.25, -0.2) is 0 Å². The molecule has 2 unspecified atom stereocenters. The van der Waals surface area contributed by atoms with E-state index in [1.807, 2.05) is 6.92 Å². The quantitative estimate of drug-likeness (QED) is 0.426. The van der Waals surface area contributed by atoms with E-state index in [0.29, 0.717) is 19.3 Å². The van der Waals surface area contributed by atoms with Crippen molar-refractivity contribution >= 4 is 10.1 Å². The van der Waals surface area contributed by atoms with Gasteiger partial charge in [0.2, 0.25) is 0 Å². The molecule has 19 heavy (non-hydrogen) atoms. The molecule has 0 aromatic carbocycles. The largest absolute Gasteiger partial charge is 0.392 e. The molecule has 0 fully saturated rings. The summed E-state index contributed by atoms with van der Waals surface area (Å²) >= 11 is 0. The van der Waals surface area contributed by atoms with Gasteiger partial charge in [-0.2, -0.15) is 8.42 Å². The molecule has 0 aliphatic heterocycles. The van der Waals surface area contributed by atoms with Crippen molar-refractivity contribution < 1.29 is 18.1 Å². The lowest BCUT2D eigenvalue weighted by atomic mass is 10.0. The van der Waals surface area contributed by atoms with Crippen LogP contribution in [-0.2, 0) is 10.1 Å². The number of hydrogen-bond donors (Lipinski definition) is 2. The van der Waals surface area contributed by atoms with E-state index in [1.165, 1.54) is 25.7 Å². The SMILES string of the molecule is CCCCCCCCCC(O)C(CCC)S(=O)(=O)O. The highest BCUT2D eigenvalue weighted by atomic mass is 32.2. The van der Waals surface area contributed by atoms with Crippen LogP contribution in [0.2, 0.25) is 0 Å². The summed E-state index contributed by atoms with van der Waals surface area (Å²) in [5.74, 6) is 0. The van der Waals surface area contributed by atoms with Gasteiger partial charge < -0.3 is 5.11 Å². The number of aliphatic hydroxyl groups is 1. The lowest BCUT2D eigenvalue weighted by molar-refractivity contribution is 0.147. The van der Waals surface area contributed by atoms with E-state index in [1.54, 1.807) is 0 Å². The smallest absolute Gasteiger partial charge is 0.270 e. The molecule has 5 heteroatoms. The van der Waals surface area contributed by atoms with Gasteiger partial charge in [-0.05, 0) is 12.8 Å². The fourth-order valence-electron chi connectivity index (χ4n) is 2.32. The zero-order chi connectivity index (χ0) is 14.7. The van der Waals surface area contributed by atoms with Gasteiger partial charge in [-0.3, -0.25) is 4.55 Å². The molecule has 0 spiro atoms. The van der Waals surface area contributed by atoms with Crippen LogP contribution in [0.4, 0.5) is 0 Å². The Bertz CT molecular complexity index is 301. The van der Waals surface area contributed by atoms with E-state index < -0.39 is 21.5 Å². The summed E-state index contributed by atoms with van der Waals surface area (Å²) in [4.78, 5) is 0. The van der Waals surface area contributed by atoms with Crippen LogP contribution in [0.15, 0.2) is 0 Å². The standard InChI is InChI=1S/C14H30O4S/c1-3-5-6-7-8-9-10-12-13(15)14(11-4-2)19(16,17)18/h13-15H,3-12H2,1-2H3,(H,16,17,18). The summed E-state index contributed by atoms with van der Waals surface area (Å²) in [6.07, 6.45) is 8.41. The lowest BCUT2D eigenvalue weighted by Crippen LogP contribution is -2.33. The van der Waals surface area contributed by atoms with Gasteiger partial charge in [0, 0.05) is 0 Å². The van der Waals surface area contributed by atoms with E-state index in [9.17, 15) is 13.5 Å². The van der Waals surface area contributed by atoms with Crippen LogP contribution < -0.4 is 0 Å². The number of hydrogen-bond acceptors (Lipinski definition) is 3. The van der Waals surface area contributed by atoms with Crippen LogP contribution in [0.25, 0.3) is 0 Å². The van der Waals surface area contributed by atoms with Crippen LogP contribution in [-0.4, -0.2) is 29.4 Å². The third-order valence-electron chi connectivity index (χ3n) is 3.49. The monoisotopic (exact) mass is 294 g/mol. The first-order valence-electron chi connectivity index (χ1n) is 7.57. The number of aliphatic hydroxyl groups excluding tert-OH is 1. The van der Waals surface area contributed by atoms with Crippen molar-refractivity contribution in [2.45, 2.75) is 89.4 Å². The first-order chi connectivity index (χ1) is 8.93. The zero-order valence-electron chi connectivity index (χ0n) is 12.3. The van der Waals surface area contributed by atoms with E-state index >= 15 is 0 Å². The van der Waals surface area contributed by atoms with Gasteiger partial charge >= 0.3 is 0 Å². The van der Waals surface area contributed by atoms with Gasteiger partial charge in [0.15, 0.2) is 0 Å². The highest BCUT2D eigenvalue weighted by Crippen LogP contribution is 2.18. The average molecular weight is 294 g/mol. The second-order valence-electron chi connectivity index (χ2n) is 5.32. The number of rotatable bonds is 12. The average Bonchev–Trinajstić information content (AvgIpc) is 2.33. The van der Waals surface area contributed by atoms with E-state index in [-0.39, 0.29) is 0 Å². The summed E-state index contributed by atoms with van der Waals surface area (Å²) in [6.45, 7) is 4.03. The topological polar surface area (TPSA) is 74.6 Å².